The van der Waals surface area contributed by atoms with E-state index in [-0.39, 0.29) is 11.3 Å². The molecule has 2 aromatic heterocycles. The van der Waals surface area contributed by atoms with E-state index >= 15 is 0 Å². The first-order valence-corrected chi connectivity index (χ1v) is 10.4. The van der Waals surface area contributed by atoms with Gasteiger partial charge in [0.15, 0.2) is 11.0 Å². The summed E-state index contributed by atoms with van der Waals surface area (Å²) in [5.41, 5.74) is 1.46. The minimum atomic E-state index is 0.0397. The van der Waals surface area contributed by atoms with Gasteiger partial charge in [0.25, 0.3) is 0 Å². The first kappa shape index (κ1) is 17.3. The van der Waals surface area contributed by atoms with Crippen molar-refractivity contribution in [2.45, 2.75) is 23.4 Å². The van der Waals surface area contributed by atoms with Crippen molar-refractivity contribution in [2.75, 3.05) is 12.3 Å². The maximum absolute atomic E-state index is 12.3. The van der Waals surface area contributed by atoms with E-state index in [1.807, 2.05) is 35.2 Å². The van der Waals surface area contributed by atoms with E-state index in [0.717, 1.165) is 28.7 Å². The number of thiophene rings is 1. The summed E-state index contributed by atoms with van der Waals surface area (Å²) in [6.45, 7) is 0.704. The summed E-state index contributed by atoms with van der Waals surface area (Å²) in [7, 11) is 1.93. The van der Waals surface area contributed by atoms with Gasteiger partial charge in [-0.2, -0.15) is 0 Å². The zero-order chi connectivity index (χ0) is 18.0. The van der Waals surface area contributed by atoms with Crippen LogP contribution < -0.4 is 5.32 Å². The number of hydrogen-bond acceptors (Lipinski definition) is 5. The molecular formula is C19H20N4OS2. The third-order valence-electron chi connectivity index (χ3n) is 4.77. The van der Waals surface area contributed by atoms with Crippen LogP contribution in [0.1, 0.15) is 18.4 Å². The number of carbonyl (C=O) groups excluding carboxylic acids is 1. The van der Waals surface area contributed by atoms with Crippen molar-refractivity contribution in [1.29, 1.82) is 0 Å². The summed E-state index contributed by atoms with van der Waals surface area (Å²) in [6, 6.07) is 14.5. The van der Waals surface area contributed by atoms with Gasteiger partial charge < -0.3 is 9.88 Å². The van der Waals surface area contributed by atoms with Crippen LogP contribution in [0.4, 0.5) is 0 Å². The number of nitrogens with one attached hydrogen (secondary N) is 1. The van der Waals surface area contributed by atoms with Crippen LogP contribution in [0, 0.1) is 0 Å². The maximum Gasteiger partial charge on any atom is 0.230 e. The Hall–Kier alpha value is -2.12. The van der Waals surface area contributed by atoms with Crippen molar-refractivity contribution in [3.8, 4) is 10.7 Å². The van der Waals surface area contributed by atoms with Crippen LogP contribution in [-0.4, -0.2) is 33.0 Å². The molecule has 3 aromatic rings. The van der Waals surface area contributed by atoms with E-state index in [1.54, 1.807) is 11.3 Å². The molecule has 0 aliphatic heterocycles. The van der Waals surface area contributed by atoms with Crippen LogP contribution >= 0.6 is 23.1 Å². The van der Waals surface area contributed by atoms with Crippen LogP contribution in [0.5, 0.6) is 0 Å². The largest absolute Gasteiger partial charge is 0.354 e. The molecule has 1 N–H and O–H groups in total. The zero-order valence-electron chi connectivity index (χ0n) is 14.5. The average molecular weight is 385 g/mol. The summed E-state index contributed by atoms with van der Waals surface area (Å²) in [5, 5.41) is 14.3. The van der Waals surface area contributed by atoms with Gasteiger partial charge in [0.05, 0.1) is 10.6 Å². The highest BCUT2D eigenvalue weighted by Crippen LogP contribution is 2.47. The van der Waals surface area contributed by atoms with E-state index in [9.17, 15) is 4.79 Å². The minimum Gasteiger partial charge on any atom is -0.354 e. The molecule has 134 valence electrons. The first-order valence-electron chi connectivity index (χ1n) is 8.56. The predicted molar refractivity (Wildman–Crippen MR) is 105 cm³/mol. The molecule has 0 unspecified atom stereocenters. The molecule has 0 saturated heterocycles. The van der Waals surface area contributed by atoms with Gasteiger partial charge in [0.2, 0.25) is 5.91 Å². The van der Waals surface area contributed by atoms with Gasteiger partial charge in [-0.25, -0.2) is 0 Å². The normalized spacial score (nSPS) is 15.0. The summed E-state index contributed by atoms with van der Waals surface area (Å²) in [4.78, 5) is 13.4. The van der Waals surface area contributed by atoms with Crippen molar-refractivity contribution in [1.82, 2.24) is 20.1 Å². The average Bonchev–Trinajstić information content (AvgIpc) is 3.09. The number of benzene rings is 1. The van der Waals surface area contributed by atoms with Crippen molar-refractivity contribution < 1.29 is 4.79 Å². The molecule has 1 aromatic carbocycles. The lowest BCUT2D eigenvalue weighted by molar-refractivity contribution is -0.118. The molecule has 0 radical (unpaired) electrons. The summed E-state index contributed by atoms with van der Waals surface area (Å²) < 4.78 is 1.94. The van der Waals surface area contributed by atoms with Gasteiger partial charge >= 0.3 is 0 Å². The molecule has 7 heteroatoms. The fraction of sp³-hybridized carbons (Fsp3) is 0.316. The van der Waals surface area contributed by atoms with Gasteiger partial charge in [-0.1, -0.05) is 48.2 Å². The lowest BCUT2D eigenvalue weighted by atomic mass is 9.96. The molecule has 1 amide bonds. The second kappa shape index (κ2) is 7.25. The Morgan fingerprint density at radius 3 is 2.73 bits per heavy atom. The molecule has 1 aliphatic rings. The topological polar surface area (TPSA) is 59.8 Å². The molecule has 1 saturated carbocycles. The number of hydrogen-bond donors (Lipinski definition) is 1. The number of carbonyl (C=O) groups is 1. The SMILES string of the molecule is Cn1c(SCC(=O)NCC2(c3ccccc3)CC2)nnc1-c1cccs1. The van der Waals surface area contributed by atoms with Gasteiger partial charge in [0, 0.05) is 19.0 Å². The summed E-state index contributed by atoms with van der Waals surface area (Å²) in [5.74, 6) is 1.23. The molecule has 1 fully saturated rings. The molecule has 5 nitrogen and oxygen atoms in total. The Kier molecular flexibility index (Phi) is 4.82. The molecule has 0 spiro atoms. The molecule has 2 heterocycles. The summed E-state index contributed by atoms with van der Waals surface area (Å²) in [6.07, 6.45) is 2.27. The van der Waals surface area contributed by atoms with Gasteiger partial charge in [0.1, 0.15) is 0 Å². The van der Waals surface area contributed by atoms with Crippen LogP contribution in [-0.2, 0) is 17.3 Å². The molecule has 0 atom stereocenters. The minimum absolute atomic E-state index is 0.0397. The Morgan fingerprint density at radius 2 is 2.04 bits per heavy atom. The van der Waals surface area contributed by atoms with E-state index in [0.29, 0.717) is 12.3 Å². The lowest BCUT2D eigenvalue weighted by Gasteiger charge is -2.16. The number of rotatable bonds is 7. The Balaban J connectivity index is 1.31. The highest BCUT2D eigenvalue weighted by atomic mass is 32.2. The predicted octanol–water partition coefficient (Wildman–Crippen LogP) is 3.48. The number of aromatic nitrogens is 3. The molecular weight excluding hydrogens is 364 g/mol. The summed E-state index contributed by atoms with van der Waals surface area (Å²) >= 11 is 3.05. The third kappa shape index (κ3) is 3.54. The standard InChI is InChI=1S/C19H20N4OS2/c1-23-17(15-8-5-11-25-15)21-22-18(23)26-12-16(24)20-13-19(9-10-19)14-6-3-2-4-7-14/h2-8,11H,9-10,12-13H2,1H3,(H,20,24). The van der Waals surface area contributed by atoms with E-state index in [1.165, 1.54) is 17.3 Å². The fourth-order valence-corrected chi connectivity index (χ4v) is 4.50. The number of nitrogens with zero attached hydrogens (tertiary/aromatic N) is 3. The molecule has 26 heavy (non-hydrogen) atoms. The molecule has 0 bridgehead atoms. The molecule has 4 rings (SSSR count). The van der Waals surface area contributed by atoms with Crippen molar-refractivity contribution in [3.63, 3.8) is 0 Å². The Bertz CT molecular complexity index is 886. The van der Waals surface area contributed by atoms with Crippen molar-refractivity contribution in [2.24, 2.45) is 7.05 Å². The Morgan fingerprint density at radius 1 is 1.23 bits per heavy atom. The van der Waals surface area contributed by atoms with Gasteiger partial charge in [-0.15, -0.1) is 21.5 Å². The van der Waals surface area contributed by atoms with Crippen LogP contribution in [0.15, 0.2) is 53.0 Å². The van der Waals surface area contributed by atoms with E-state index in [2.05, 4.69) is 39.8 Å². The monoisotopic (exact) mass is 384 g/mol. The van der Waals surface area contributed by atoms with Crippen LogP contribution in [0.25, 0.3) is 10.7 Å². The van der Waals surface area contributed by atoms with Crippen molar-refractivity contribution in [3.05, 3.63) is 53.4 Å². The zero-order valence-corrected chi connectivity index (χ0v) is 16.1. The van der Waals surface area contributed by atoms with Crippen molar-refractivity contribution >= 4 is 29.0 Å². The quantitative estimate of drug-likeness (QED) is 0.634. The maximum atomic E-state index is 12.3. The number of thioether (sulfide) groups is 1. The van der Waals surface area contributed by atoms with Gasteiger partial charge in [-0.3, -0.25) is 4.79 Å². The smallest absolute Gasteiger partial charge is 0.230 e. The van der Waals surface area contributed by atoms with E-state index < -0.39 is 0 Å². The molecule has 1 aliphatic carbocycles. The van der Waals surface area contributed by atoms with Crippen LogP contribution in [0.3, 0.4) is 0 Å². The lowest BCUT2D eigenvalue weighted by Crippen LogP contribution is -2.33. The van der Waals surface area contributed by atoms with Gasteiger partial charge in [-0.05, 0) is 29.9 Å². The van der Waals surface area contributed by atoms with Crippen LogP contribution in [0.2, 0.25) is 0 Å². The third-order valence-corrected chi connectivity index (χ3v) is 6.66. The highest BCUT2D eigenvalue weighted by molar-refractivity contribution is 7.99. The Labute approximate surface area is 160 Å². The fourth-order valence-electron chi connectivity index (χ4n) is 3.02. The number of amides is 1. The first-order chi connectivity index (χ1) is 12.7. The second-order valence-electron chi connectivity index (χ2n) is 6.55. The second-order valence-corrected chi connectivity index (χ2v) is 8.44. The van der Waals surface area contributed by atoms with E-state index in [4.69, 9.17) is 0 Å². The highest BCUT2D eigenvalue weighted by Gasteiger charge is 2.44.